The van der Waals surface area contributed by atoms with Crippen molar-refractivity contribution >= 4 is 22.9 Å². The monoisotopic (exact) mass is 257 g/mol. The van der Waals surface area contributed by atoms with Gasteiger partial charge in [-0.2, -0.15) is 5.10 Å². The molecule has 2 heterocycles. The van der Waals surface area contributed by atoms with Crippen molar-refractivity contribution in [2.75, 3.05) is 0 Å². The molecule has 3 rings (SSSR count). The number of rotatable bonds is 2. The van der Waals surface area contributed by atoms with Crippen LogP contribution in [0.15, 0.2) is 48.9 Å². The molecule has 4 nitrogen and oxygen atoms in total. The smallest absolute Gasteiger partial charge is 0.214 e. The van der Waals surface area contributed by atoms with Crippen molar-refractivity contribution in [1.29, 1.82) is 0 Å². The van der Waals surface area contributed by atoms with Gasteiger partial charge in [-0.1, -0.05) is 23.7 Å². The summed E-state index contributed by atoms with van der Waals surface area (Å²) in [5, 5.41) is 4.63. The van der Waals surface area contributed by atoms with Gasteiger partial charge in [0.15, 0.2) is 0 Å². The van der Waals surface area contributed by atoms with E-state index in [4.69, 9.17) is 11.6 Å². The Kier molecular flexibility index (Phi) is 2.57. The summed E-state index contributed by atoms with van der Waals surface area (Å²) in [7, 11) is 0. The molecule has 0 aliphatic heterocycles. The molecule has 0 radical (unpaired) electrons. The van der Waals surface area contributed by atoms with Crippen LogP contribution < -0.4 is 0 Å². The first-order valence-electron chi connectivity index (χ1n) is 5.34. The molecule has 0 spiro atoms. The van der Waals surface area contributed by atoms with Crippen LogP contribution in [0.1, 0.15) is 16.1 Å². The van der Waals surface area contributed by atoms with Crippen LogP contribution in [0.25, 0.3) is 5.52 Å². The number of hydrogen-bond acceptors (Lipinski definition) is 3. The van der Waals surface area contributed by atoms with Gasteiger partial charge in [-0.15, -0.1) is 0 Å². The van der Waals surface area contributed by atoms with E-state index in [2.05, 4.69) is 10.1 Å². The second kappa shape index (κ2) is 4.23. The summed E-state index contributed by atoms with van der Waals surface area (Å²) in [6, 6.07) is 8.63. The summed E-state index contributed by atoms with van der Waals surface area (Å²) in [6.07, 6.45) is 4.96. The van der Waals surface area contributed by atoms with E-state index < -0.39 is 0 Å². The van der Waals surface area contributed by atoms with Gasteiger partial charge < -0.3 is 0 Å². The molecule has 0 bridgehead atoms. The van der Waals surface area contributed by atoms with Crippen LogP contribution in [0, 0.1) is 0 Å². The van der Waals surface area contributed by atoms with Crippen molar-refractivity contribution in [3.8, 4) is 0 Å². The minimum Gasteiger partial charge on any atom is -0.287 e. The van der Waals surface area contributed by atoms with Gasteiger partial charge in [-0.3, -0.25) is 9.78 Å². The van der Waals surface area contributed by atoms with Crippen molar-refractivity contribution in [2.45, 2.75) is 0 Å². The number of carbonyl (C=O) groups excluding carboxylic acids is 1. The molecule has 5 heteroatoms. The third-order valence-corrected chi connectivity index (χ3v) is 2.95. The molecule has 0 amide bonds. The molecule has 0 unspecified atom stereocenters. The first-order chi connectivity index (χ1) is 8.75. The quantitative estimate of drug-likeness (QED) is 0.663. The van der Waals surface area contributed by atoms with Crippen molar-refractivity contribution in [3.05, 3.63) is 65.2 Å². The number of nitrogens with zero attached hydrogens (tertiary/aromatic N) is 3. The van der Waals surface area contributed by atoms with E-state index in [1.807, 2.05) is 0 Å². The van der Waals surface area contributed by atoms with Crippen LogP contribution in [0.4, 0.5) is 0 Å². The number of aromatic nitrogens is 3. The van der Waals surface area contributed by atoms with Gasteiger partial charge in [0.05, 0.1) is 16.7 Å². The normalized spacial score (nSPS) is 10.7. The lowest BCUT2D eigenvalue weighted by Crippen LogP contribution is -2.03. The fourth-order valence-electron chi connectivity index (χ4n) is 1.74. The standard InChI is InChI=1S/C13H8ClN3O/c14-11-4-2-1-3-10(11)13(18)12-7-9-8-15-5-6-17(9)16-12/h1-8H. The maximum absolute atomic E-state index is 12.3. The van der Waals surface area contributed by atoms with Crippen molar-refractivity contribution < 1.29 is 4.79 Å². The van der Waals surface area contributed by atoms with Gasteiger partial charge >= 0.3 is 0 Å². The van der Waals surface area contributed by atoms with Gasteiger partial charge in [0.2, 0.25) is 5.78 Å². The van der Waals surface area contributed by atoms with Crippen LogP contribution in [0.5, 0.6) is 0 Å². The minimum absolute atomic E-state index is 0.190. The zero-order chi connectivity index (χ0) is 12.5. The number of benzene rings is 1. The highest BCUT2D eigenvalue weighted by atomic mass is 35.5. The van der Waals surface area contributed by atoms with Crippen LogP contribution >= 0.6 is 11.6 Å². The Morgan fingerprint density at radius 3 is 2.89 bits per heavy atom. The third-order valence-electron chi connectivity index (χ3n) is 2.62. The van der Waals surface area contributed by atoms with E-state index in [1.165, 1.54) is 0 Å². The Hall–Kier alpha value is -2.20. The Bertz CT molecular complexity index is 703. The molecule has 0 saturated heterocycles. The first-order valence-corrected chi connectivity index (χ1v) is 5.72. The van der Waals surface area contributed by atoms with Gasteiger partial charge in [0.25, 0.3) is 0 Å². The fourth-order valence-corrected chi connectivity index (χ4v) is 1.96. The van der Waals surface area contributed by atoms with Gasteiger partial charge in [-0.25, -0.2) is 4.52 Å². The van der Waals surface area contributed by atoms with E-state index >= 15 is 0 Å². The molecule has 18 heavy (non-hydrogen) atoms. The molecule has 0 aliphatic rings. The maximum atomic E-state index is 12.3. The van der Waals surface area contributed by atoms with Crippen molar-refractivity contribution in [2.24, 2.45) is 0 Å². The molecule has 0 atom stereocenters. The number of carbonyl (C=O) groups is 1. The summed E-state index contributed by atoms with van der Waals surface area (Å²) in [5.74, 6) is -0.190. The number of fused-ring (bicyclic) bond motifs is 1. The lowest BCUT2D eigenvalue weighted by molar-refractivity contribution is 0.103. The third kappa shape index (κ3) is 1.76. The zero-order valence-electron chi connectivity index (χ0n) is 9.25. The second-order valence-electron chi connectivity index (χ2n) is 3.78. The number of ketones is 1. The van der Waals surface area contributed by atoms with E-state index in [-0.39, 0.29) is 5.78 Å². The van der Waals surface area contributed by atoms with Crippen LogP contribution in [0.3, 0.4) is 0 Å². The number of halogens is 1. The Balaban J connectivity index is 2.10. The molecule has 0 fully saturated rings. The fraction of sp³-hybridized carbons (Fsp3) is 0. The maximum Gasteiger partial charge on any atom is 0.214 e. The SMILES string of the molecule is O=C(c1cc2cnccn2n1)c1ccccc1Cl. The van der Waals surface area contributed by atoms with E-state index in [0.717, 1.165) is 5.52 Å². The van der Waals surface area contributed by atoms with Crippen LogP contribution in [-0.4, -0.2) is 20.4 Å². The molecule has 0 aliphatic carbocycles. The molecular formula is C13H8ClN3O. The van der Waals surface area contributed by atoms with Crippen LogP contribution in [-0.2, 0) is 0 Å². The Morgan fingerprint density at radius 1 is 1.28 bits per heavy atom. The highest BCUT2D eigenvalue weighted by molar-refractivity contribution is 6.34. The molecule has 0 saturated carbocycles. The zero-order valence-corrected chi connectivity index (χ0v) is 10.0. The average molecular weight is 258 g/mol. The second-order valence-corrected chi connectivity index (χ2v) is 4.19. The predicted molar refractivity (Wildman–Crippen MR) is 67.9 cm³/mol. The molecule has 0 N–H and O–H groups in total. The van der Waals surface area contributed by atoms with Crippen molar-refractivity contribution in [1.82, 2.24) is 14.6 Å². The summed E-state index contributed by atoms with van der Waals surface area (Å²) in [5.41, 5.74) is 1.58. The van der Waals surface area contributed by atoms with Gasteiger partial charge in [0, 0.05) is 18.0 Å². The van der Waals surface area contributed by atoms with Crippen molar-refractivity contribution in [3.63, 3.8) is 0 Å². The van der Waals surface area contributed by atoms with Gasteiger partial charge in [-0.05, 0) is 18.2 Å². The van der Waals surface area contributed by atoms with Crippen LogP contribution in [0.2, 0.25) is 5.02 Å². The first kappa shape index (κ1) is 10.9. The predicted octanol–water partition coefficient (Wildman–Crippen LogP) is 2.61. The molecule has 3 aromatic rings. The minimum atomic E-state index is -0.190. The molecule has 1 aromatic carbocycles. The molecular weight excluding hydrogens is 250 g/mol. The van der Waals surface area contributed by atoms with E-state index in [0.29, 0.717) is 16.3 Å². The van der Waals surface area contributed by atoms with E-state index in [9.17, 15) is 4.79 Å². The largest absolute Gasteiger partial charge is 0.287 e. The lowest BCUT2D eigenvalue weighted by Gasteiger charge is -1.99. The average Bonchev–Trinajstić information content (AvgIpc) is 2.82. The highest BCUT2D eigenvalue weighted by Gasteiger charge is 2.15. The summed E-state index contributed by atoms with van der Waals surface area (Å²) in [4.78, 5) is 16.2. The van der Waals surface area contributed by atoms with E-state index in [1.54, 1.807) is 53.4 Å². The topological polar surface area (TPSA) is 47.3 Å². The van der Waals surface area contributed by atoms with Gasteiger partial charge in [0.1, 0.15) is 5.69 Å². The molecule has 2 aromatic heterocycles. The molecule has 88 valence electrons. The Morgan fingerprint density at radius 2 is 2.11 bits per heavy atom. The highest BCUT2D eigenvalue weighted by Crippen LogP contribution is 2.19. The summed E-state index contributed by atoms with van der Waals surface area (Å²) < 4.78 is 1.61. The summed E-state index contributed by atoms with van der Waals surface area (Å²) in [6.45, 7) is 0. The Labute approximate surface area is 108 Å². The summed E-state index contributed by atoms with van der Waals surface area (Å²) >= 11 is 6.00. The number of hydrogen-bond donors (Lipinski definition) is 0. The lowest BCUT2D eigenvalue weighted by atomic mass is 10.1.